The van der Waals surface area contributed by atoms with E-state index in [0.717, 1.165) is 23.2 Å². The van der Waals surface area contributed by atoms with Gasteiger partial charge in [0.15, 0.2) is 6.54 Å². The van der Waals surface area contributed by atoms with Crippen molar-refractivity contribution in [3.63, 3.8) is 0 Å². The molecule has 0 aromatic heterocycles. The van der Waals surface area contributed by atoms with Crippen LogP contribution in [0, 0.1) is 10.1 Å². The summed E-state index contributed by atoms with van der Waals surface area (Å²) in [6.07, 6.45) is 0. The molecule has 4 rings (SSSR count). The highest BCUT2D eigenvalue weighted by molar-refractivity contribution is 8.14. The van der Waals surface area contributed by atoms with Crippen LogP contribution in [0.25, 0.3) is 0 Å². The summed E-state index contributed by atoms with van der Waals surface area (Å²) in [5.74, 6) is 0.911. The van der Waals surface area contributed by atoms with Crippen LogP contribution < -0.4 is 4.90 Å². The number of aliphatic hydroxyl groups is 1. The number of rotatable bonds is 3. The summed E-state index contributed by atoms with van der Waals surface area (Å²) in [6.45, 7) is 1.15. The molecule has 7 heteroatoms. The Balaban J connectivity index is 1.74. The van der Waals surface area contributed by atoms with Crippen LogP contribution in [-0.2, 0) is 5.72 Å². The van der Waals surface area contributed by atoms with Crippen molar-refractivity contribution in [1.82, 2.24) is 0 Å². The van der Waals surface area contributed by atoms with E-state index in [0.29, 0.717) is 12.1 Å². The molecule has 0 unspecified atom stereocenters. The molecule has 6 nitrogen and oxygen atoms in total. The summed E-state index contributed by atoms with van der Waals surface area (Å²) in [4.78, 5) is 12.5. The molecule has 0 spiro atoms. The van der Waals surface area contributed by atoms with E-state index in [1.165, 1.54) is 12.1 Å². The number of anilines is 1. The number of non-ortho nitro benzene ring substituents is 1. The van der Waals surface area contributed by atoms with E-state index in [4.69, 9.17) is 0 Å². The van der Waals surface area contributed by atoms with Gasteiger partial charge in [0.25, 0.3) is 11.4 Å². The van der Waals surface area contributed by atoms with Gasteiger partial charge in [0.1, 0.15) is 5.69 Å². The Morgan fingerprint density at radius 2 is 1.88 bits per heavy atom. The highest BCUT2D eigenvalue weighted by atomic mass is 32.2. The molecule has 2 aliphatic rings. The summed E-state index contributed by atoms with van der Waals surface area (Å²) in [6, 6.07) is 16.1. The van der Waals surface area contributed by atoms with Crippen molar-refractivity contribution in [2.24, 2.45) is 0 Å². The lowest BCUT2D eigenvalue weighted by Gasteiger charge is -2.22. The second kappa shape index (κ2) is 5.61. The van der Waals surface area contributed by atoms with Gasteiger partial charge in [-0.15, -0.1) is 0 Å². The van der Waals surface area contributed by atoms with Gasteiger partial charge in [-0.3, -0.25) is 10.1 Å². The third kappa shape index (κ3) is 2.28. The SMILES string of the molecule is O=[N+]([O-])c1ccc([C@]2(O)CN(c3ccccc3)C3=[N+]2CCS3)cc1. The molecule has 2 heterocycles. The number of para-hydroxylation sites is 1. The summed E-state index contributed by atoms with van der Waals surface area (Å²) in [7, 11) is 0. The molecular formula is C17H16N3O3S+. The van der Waals surface area contributed by atoms with E-state index in [9.17, 15) is 15.2 Å². The number of nitrogens with zero attached hydrogens (tertiary/aromatic N) is 3. The topological polar surface area (TPSA) is 69.6 Å². The molecule has 0 saturated heterocycles. The Hall–Kier alpha value is -2.38. The van der Waals surface area contributed by atoms with E-state index in [2.05, 4.69) is 4.90 Å². The quantitative estimate of drug-likeness (QED) is 0.527. The van der Waals surface area contributed by atoms with Crippen molar-refractivity contribution in [3.8, 4) is 0 Å². The van der Waals surface area contributed by atoms with Gasteiger partial charge in [0.2, 0.25) is 0 Å². The molecule has 1 atom stereocenters. The lowest BCUT2D eigenvalue weighted by molar-refractivity contribution is -0.650. The fourth-order valence-electron chi connectivity index (χ4n) is 3.25. The Kier molecular flexibility index (Phi) is 3.54. The van der Waals surface area contributed by atoms with Gasteiger partial charge in [-0.05, 0) is 36.0 Å². The van der Waals surface area contributed by atoms with Crippen LogP contribution in [0.5, 0.6) is 0 Å². The highest BCUT2D eigenvalue weighted by Crippen LogP contribution is 2.38. The number of benzene rings is 2. The minimum absolute atomic E-state index is 0.0280. The monoisotopic (exact) mass is 342 g/mol. The van der Waals surface area contributed by atoms with Gasteiger partial charge in [-0.1, -0.05) is 18.2 Å². The van der Waals surface area contributed by atoms with Crippen LogP contribution in [0.1, 0.15) is 5.56 Å². The molecule has 0 aliphatic carbocycles. The summed E-state index contributed by atoms with van der Waals surface area (Å²) < 4.78 is 1.99. The standard InChI is InChI=1S/C17H16N3O3S/c21-17(13-6-8-15(9-7-13)20(22)23)12-18(14-4-2-1-3-5-14)16-19(17)10-11-24-16/h1-9,21H,10-12H2/q+1/t17-/m1/s1. The Morgan fingerprint density at radius 1 is 1.17 bits per heavy atom. The zero-order valence-electron chi connectivity index (χ0n) is 12.8. The molecule has 0 amide bonds. The first-order valence-corrected chi connectivity index (χ1v) is 8.65. The van der Waals surface area contributed by atoms with Crippen LogP contribution in [0.3, 0.4) is 0 Å². The maximum atomic E-state index is 11.4. The van der Waals surface area contributed by atoms with Gasteiger partial charge >= 0.3 is 5.17 Å². The van der Waals surface area contributed by atoms with E-state index < -0.39 is 10.6 Å². The van der Waals surface area contributed by atoms with Crippen molar-refractivity contribution in [2.45, 2.75) is 5.72 Å². The minimum atomic E-state index is -1.18. The molecule has 2 aromatic carbocycles. The third-order valence-electron chi connectivity index (χ3n) is 4.44. The van der Waals surface area contributed by atoms with Crippen molar-refractivity contribution in [1.29, 1.82) is 0 Å². The molecule has 2 aromatic rings. The second-order valence-corrected chi connectivity index (χ2v) is 6.89. The summed E-state index contributed by atoms with van der Waals surface area (Å²) in [5.41, 5.74) is 0.556. The first kappa shape index (κ1) is 15.2. The second-order valence-electron chi connectivity index (χ2n) is 5.82. The normalized spacial score (nSPS) is 22.8. The van der Waals surface area contributed by atoms with Gasteiger partial charge in [0.05, 0.1) is 11.5 Å². The first-order valence-electron chi connectivity index (χ1n) is 7.67. The molecule has 0 bridgehead atoms. The maximum absolute atomic E-state index is 11.4. The molecule has 24 heavy (non-hydrogen) atoms. The zero-order valence-corrected chi connectivity index (χ0v) is 13.6. The fraction of sp³-hybridized carbons (Fsp3) is 0.235. The van der Waals surface area contributed by atoms with E-state index in [-0.39, 0.29) is 5.69 Å². The van der Waals surface area contributed by atoms with Gasteiger partial charge in [-0.25, -0.2) is 9.48 Å². The van der Waals surface area contributed by atoms with Gasteiger partial charge in [-0.2, -0.15) is 0 Å². The predicted molar refractivity (Wildman–Crippen MR) is 93.4 cm³/mol. The smallest absolute Gasteiger partial charge is 0.316 e. The van der Waals surface area contributed by atoms with Gasteiger partial charge < -0.3 is 5.11 Å². The van der Waals surface area contributed by atoms with E-state index in [1.54, 1.807) is 23.9 Å². The number of β-amino-alcohol motifs (C(OH)–C–C–N with tert-alkyl or cyclic N) is 1. The van der Waals surface area contributed by atoms with E-state index >= 15 is 0 Å². The molecule has 1 N–H and O–H groups in total. The molecule has 0 saturated carbocycles. The lowest BCUT2D eigenvalue weighted by Crippen LogP contribution is -2.41. The largest absolute Gasteiger partial charge is 0.346 e. The number of thioether (sulfide) groups is 1. The first-order chi connectivity index (χ1) is 11.6. The molecular weight excluding hydrogens is 326 g/mol. The number of nitro benzene ring substituents is 1. The average Bonchev–Trinajstić information content (AvgIpc) is 3.19. The lowest BCUT2D eigenvalue weighted by atomic mass is 10.0. The van der Waals surface area contributed by atoms with Crippen LogP contribution >= 0.6 is 11.8 Å². The molecule has 2 aliphatic heterocycles. The molecule has 0 fully saturated rings. The molecule has 0 radical (unpaired) electrons. The zero-order chi connectivity index (χ0) is 16.7. The van der Waals surface area contributed by atoms with Crippen molar-refractivity contribution in [3.05, 3.63) is 70.3 Å². The van der Waals surface area contributed by atoms with Crippen molar-refractivity contribution in [2.75, 3.05) is 23.7 Å². The maximum Gasteiger partial charge on any atom is 0.316 e. The number of hydrogen-bond acceptors (Lipinski definition) is 5. The van der Waals surface area contributed by atoms with Crippen molar-refractivity contribution < 1.29 is 14.6 Å². The van der Waals surface area contributed by atoms with Gasteiger partial charge in [0, 0.05) is 23.4 Å². The number of hydrogen-bond donors (Lipinski definition) is 1. The minimum Gasteiger partial charge on any atom is -0.346 e. The summed E-state index contributed by atoms with van der Waals surface area (Å²) >= 11 is 1.72. The Bertz CT molecular complexity index is 823. The van der Waals surface area contributed by atoms with Crippen LogP contribution in [-0.4, -0.2) is 38.6 Å². The van der Waals surface area contributed by atoms with Crippen molar-refractivity contribution >= 4 is 28.3 Å². The predicted octanol–water partition coefficient (Wildman–Crippen LogP) is 2.38. The van der Waals surface area contributed by atoms with Crippen LogP contribution in [0.4, 0.5) is 11.4 Å². The van der Waals surface area contributed by atoms with E-state index in [1.807, 2.05) is 34.9 Å². The summed E-state index contributed by atoms with van der Waals surface area (Å²) in [5, 5.41) is 23.3. The fourth-order valence-corrected chi connectivity index (χ4v) is 4.43. The van der Waals surface area contributed by atoms with Crippen LogP contribution in [0.15, 0.2) is 54.6 Å². The average molecular weight is 342 g/mol. The van der Waals surface area contributed by atoms with Crippen LogP contribution in [0.2, 0.25) is 0 Å². The molecule has 122 valence electrons. The highest BCUT2D eigenvalue weighted by Gasteiger charge is 2.54. The number of nitro groups is 1. The third-order valence-corrected chi connectivity index (χ3v) is 5.53. The number of amidine groups is 1. The Morgan fingerprint density at radius 3 is 2.54 bits per heavy atom. The Labute approximate surface area is 143 Å².